The van der Waals surface area contributed by atoms with Crippen LogP contribution in [0.15, 0.2) is 12.4 Å². The second-order valence-corrected chi connectivity index (χ2v) is 5.21. The molecule has 5 heteroatoms. The number of rotatable bonds is 5. The van der Waals surface area contributed by atoms with E-state index < -0.39 is 0 Å². The molecule has 0 amide bonds. The van der Waals surface area contributed by atoms with Gasteiger partial charge in [-0.3, -0.25) is 0 Å². The summed E-state index contributed by atoms with van der Waals surface area (Å²) in [6.45, 7) is 5.60. The maximum atomic E-state index is 5.93. The van der Waals surface area contributed by atoms with Crippen molar-refractivity contribution >= 4 is 17.4 Å². The molecular formula is C13H21ClN4. The number of hydrogen-bond donors (Lipinski definition) is 1. The lowest BCUT2D eigenvalue weighted by molar-refractivity contribution is 0.160. The van der Waals surface area contributed by atoms with Gasteiger partial charge in [0.1, 0.15) is 0 Å². The van der Waals surface area contributed by atoms with E-state index in [-0.39, 0.29) is 0 Å². The Morgan fingerprint density at radius 3 is 3.00 bits per heavy atom. The van der Waals surface area contributed by atoms with Crippen LogP contribution in [0.3, 0.4) is 0 Å². The van der Waals surface area contributed by atoms with Gasteiger partial charge in [0, 0.05) is 31.5 Å². The van der Waals surface area contributed by atoms with E-state index in [1.54, 1.807) is 12.4 Å². The first-order valence-corrected chi connectivity index (χ1v) is 7.09. The van der Waals surface area contributed by atoms with Gasteiger partial charge in [-0.25, -0.2) is 9.97 Å². The topological polar surface area (TPSA) is 41.0 Å². The third-order valence-corrected chi connectivity index (χ3v) is 3.79. The summed E-state index contributed by atoms with van der Waals surface area (Å²) in [6.07, 6.45) is 8.42. The summed E-state index contributed by atoms with van der Waals surface area (Å²) in [4.78, 5) is 10.7. The van der Waals surface area contributed by atoms with Crippen LogP contribution in [-0.4, -0.2) is 40.5 Å². The van der Waals surface area contributed by atoms with Crippen LogP contribution >= 0.6 is 11.6 Å². The van der Waals surface area contributed by atoms with Gasteiger partial charge in [-0.15, -0.1) is 0 Å². The molecule has 1 aliphatic heterocycles. The zero-order valence-corrected chi connectivity index (χ0v) is 11.7. The first-order chi connectivity index (χ1) is 8.77. The molecular weight excluding hydrogens is 248 g/mol. The third kappa shape index (κ3) is 3.82. The normalized spacial score (nSPS) is 20.9. The molecule has 2 rings (SSSR count). The number of likely N-dealkylation sites (tertiary alicyclic amines) is 1. The molecule has 0 aromatic carbocycles. The first kappa shape index (κ1) is 13.6. The molecule has 1 atom stereocenters. The van der Waals surface area contributed by atoms with Crippen molar-refractivity contribution in [2.24, 2.45) is 0 Å². The summed E-state index contributed by atoms with van der Waals surface area (Å²) in [5.41, 5.74) is 0. The molecule has 0 bridgehead atoms. The van der Waals surface area contributed by atoms with Crippen molar-refractivity contribution in [1.82, 2.24) is 14.9 Å². The van der Waals surface area contributed by atoms with Gasteiger partial charge in [-0.2, -0.15) is 0 Å². The monoisotopic (exact) mass is 268 g/mol. The van der Waals surface area contributed by atoms with Gasteiger partial charge >= 0.3 is 0 Å². The fraction of sp³-hybridized carbons (Fsp3) is 0.692. The van der Waals surface area contributed by atoms with Gasteiger partial charge in [0.15, 0.2) is 11.0 Å². The molecule has 4 nitrogen and oxygen atoms in total. The standard InChI is InChI=1S/C13H21ClN4/c1-11-5-2-3-9-18(11)10-4-6-16-13-12(14)15-7-8-17-13/h7-8,11H,2-6,9-10H2,1H3,(H,16,17). The molecule has 100 valence electrons. The molecule has 0 aliphatic carbocycles. The van der Waals surface area contributed by atoms with Crippen molar-refractivity contribution in [3.63, 3.8) is 0 Å². The van der Waals surface area contributed by atoms with Crippen molar-refractivity contribution in [2.45, 2.75) is 38.6 Å². The maximum Gasteiger partial charge on any atom is 0.171 e. The summed E-state index contributed by atoms with van der Waals surface area (Å²) >= 11 is 5.93. The highest BCUT2D eigenvalue weighted by Crippen LogP contribution is 2.17. The Hall–Kier alpha value is -0.870. The Morgan fingerprint density at radius 1 is 1.39 bits per heavy atom. The molecule has 2 heterocycles. The fourth-order valence-electron chi connectivity index (χ4n) is 2.42. The largest absolute Gasteiger partial charge is 0.367 e. The van der Waals surface area contributed by atoms with Crippen molar-refractivity contribution in [1.29, 1.82) is 0 Å². The lowest BCUT2D eigenvalue weighted by Crippen LogP contribution is -2.38. The average molecular weight is 269 g/mol. The molecule has 0 saturated carbocycles. The lowest BCUT2D eigenvalue weighted by atomic mass is 10.0. The fourth-order valence-corrected chi connectivity index (χ4v) is 2.59. The summed E-state index contributed by atoms with van der Waals surface area (Å²) < 4.78 is 0. The second-order valence-electron chi connectivity index (χ2n) is 4.86. The minimum Gasteiger partial charge on any atom is -0.367 e. The van der Waals surface area contributed by atoms with E-state index in [2.05, 4.69) is 27.1 Å². The Balaban J connectivity index is 1.68. The van der Waals surface area contributed by atoms with E-state index in [1.807, 2.05) is 0 Å². The summed E-state index contributed by atoms with van der Waals surface area (Å²) in [5.74, 6) is 0.686. The molecule has 1 N–H and O–H groups in total. The zero-order valence-electron chi connectivity index (χ0n) is 10.9. The highest BCUT2D eigenvalue weighted by molar-refractivity contribution is 6.31. The molecule has 1 aromatic rings. The zero-order chi connectivity index (χ0) is 12.8. The highest BCUT2D eigenvalue weighted by atomic mass is 35.5. The van der Waals surface area contributed by atoms with Gasteiger partial charge in [0.25, 0.3) is 0 Å². The van der Waals surface area contributed by atoms with Crippen molar-refractivity contribution in [2.75, 3.05) is 25.0 Å². The maximum absolute atomic E-state index is 5.93. The number of nitrogens with zero attached hydrogens (tertiary/aromatic N) is 3. The predicted octanol–water partition coefficient (Wildman–Crippen LogP) is 2.81. The number of anilines is 1. The summed E-state index contributed by atoms with van der Waals surface area (Å²) in [6, 6.07) is 0.735. The van der Waals surface area contributed by atoms with Crippen LogP contribution in [0.2, 0.25) is 5.15 Å². The van der Waals surface area contributed by atoms with E-state index >= 15 is 0 Å². The van der Waals surface area contributed by atoms with Crippen LogP contribution in [0, 0.1) is 0 Å². The number of nitrogens with one attached hydrogen (secondary N) is 1. The SMILES string of the molecule is CC1CCCCN1CCCNc1nccnc1Cl. The molecule has 1 aliphatic rings. The third-order valence-electron chi connectivity index (χ3n) is 3.51. The summed E-state index contributed by atoms with van der Waals surface area (Å²) in [5, 5.41) is 3.68. The Bertz CT molecular complexity index is 372. The van der Waals surface area contributed by atoms with E-state index in [1.165, 1.54) is 25.8 Å². The Kier molecular flexibility index (Phi) is 5.20. The quantitative estimate of drug-likeness (QED) is 0.834. The minimum absolute atomic E-state index is 0.448. The molecule has 1 aromatic heterocycles. The number of aromatic nitrogens is 2. The number of hydrogen-bond acceptors (Lipinski definition) is 4. The smallest absolute Gasteiger partial charge is 0.171 e. The molecule has 0 spiro atoms. The van der Waals surface area contributed by atoms with Gasteiger partial charge in [0.2, 0.25) is 0 Å². The molecule has 1 unspecified atom stereocenters. The summed E-state index contributed by atoms with van der Waals surface area (Å²) in [7, 11) is 0. The van der Waals surface area contributed by atoms with Crippen molar-refractivity contribution < 1.29 is 0 Å². The molecule has 1 fully saturated rings. The average Bonchev–Trinajstić information content (AvgIpc) is 2.38. The second kappa shape index (κ2) is 6.90. The van der Waals surface area contributed by atoms with Crippen molar-refractivity contribution in [3.05, 3.63) is 17.5 Å². The molecule has 1 saturated heterocycles. The first-order valence-electron chi connectivity index (χ1n) is 6.72. The van der Waals surface area contributed by atoms with Crippen LogP contribution in [0.1, 0.15) is 32.6 Å². The molecule has 18 heavy (non-hydrogen) atoms. The van der Waals surface area contributed by atoms with Crippen LogP contribution in [0.5, 0.6) is 0 Å². The molecule has 0 radical (unpaired) electrons. The minimum atomic E-state index is 0.448. The number of halogens is 1. The predicted molar refractivity (Wildman–Crippen MR) is 75.0 cm³/mol. The Labute approximate surface area is 114 Å². The highest BCUT2D eigenvalue weighted by Gasteiger charge is 2.17. The number of piperidine rings is 1. The van der Waals surface area contributed by atoms with Gasteiger partial charge in [-0.1, -0.05) is 18.0 Å². The Morgan fingerprint density at radius 2 is 2.22 bits per heavy atom. The van der Waals surface area contributed by atoms with Gasteiger partial charge < -0.3 is 10.2 Å². The van der Waals surface area contributed by atoms with Gasteiger partial charge in [-0.05, 0) is 32.7 Å². The lowest BCUT2D eigenvalue weighted by Gasteiger charge is -2.33. The van der Waals surface area contributed by atoms with E-state index in [0.29, 0.717) is 11.0 Å². The van der Waals surface area contributed by atoms with E-state index in [4.69, 9.17) is 11.6 Å². The van der Waals surface area contributed by atoms with Crippen LogP contribution in [-0.2, 0) is 0 Å². The van der Waals surface area contributed by atoms with E-state index in [9.17, 15) is 0 Å². The van der Waals surface area contributed by atoms with E-state index in [0.717, 1.165) is 25.6 Å². The van der Waals surface area contributed by atoms with Crippen molar-refractivity contribution in [3.8, 4) is 0 Å². The van der Waals surface area contributed by atoms with Crippen LogP contribution in [0.25, 0.3) is 0 Å². The van der Waals surface area contributed by atoms with Crippen LogP contribution < -0.4 is 5.32 Å². The van der Waals surface area contributed by atoms with Gasteiger partial charge in [0.05, 0.1) is 0 Å². The van der Waals surface area contributed by atoms with Crippen LogP contribution in [0.4, 0.5) is 5.82 Å².